The molecule has 0 radical (unpaired) electrons. The molecular formula is C10H20O. The highest BCUT2D eigenvalue weighted by atomic mass is 16.5. The third-order valence-electron chi connectivity index (χ3n) is 0.990. The number of hydrogen-bond donors (Lipinski definition) is 0. The van der Waals surface area contributed by atoms with E-state index >= 15 is 0 Å². The minimum atomic E-state index is -0.0677. The molecule has 1 nitrogen and oxygen atoms in total. The van der Waals surface area contributed by atoms with Gasteiger partial charge >= 0.3 is 0 Å². The summed E-state index contributed by atoms with van der Waals surface area (Å²) in [6, 6.07) is 0. The monoisotopic (exact) mass is 156 g/mol. The van der Waals surface area contributed by atoms with Gasteiger partial charge in [0.25, 0.3) is 0 Å². The van der Waals surface area contributed by atoms with Gasteiger partial charge in [0.2, 0.25) is 0 Å². The van der Waals surface area contributed by atoms with Crippen molar-refractivity contribution in [3.63, 3.8) is 0 Å². The molecule has 0 atom stereocenters. The van der Waals surface area contributed by atoms with Gasteiger partial charge in [0.1, 0.15) is 0 Å². The van der Waals surface area contributed by atoms with Crippen molar-refractivity contribution in [1.29, 1.82) is 0 Å². The summed E-state index contributed by atoms with van der Waals surface area (Å²) in [4.78, 5) is 0. The van der Waals surface area contributed by atoms with Crippen LogP contribution in [0.1, 0.15) is 41.5 Å². The van der Waals surface area contributed by atoms with Gasteiger partial charge in [-0.3, -0.25) is 0 Å². The van der Waals surface area contributed by atoms with Gasteiger partial charge in [-0.25, -0.2) is 0 Å². The van der Waals surface area contributed by atoms with Crippen molar-refractivity contribution in [2.24, 2.45) is 5.41 Å². The Labute approximate surface area is 70.4 Å². The minimum absolute atomic E-state index is 0.0677. The van der Waals surface area contributed by atoms with Crippen molar-refractivity contribution < 1.29 is 4.74 Å². The predicted molar refractivity (Wildman–Crippen MR) is 49.4 cm³/mol. The first-order chi connectivity index (χ1) is 4.71. The van der Waals surface area contributed by atoms with Crippen LogP contribution < -0.4 is 0 Å². The number of rotatable bonds is 1. The molecule has 1 heteroatoms. The van der Waals surface area contributed by atoms with Crippen LogP contribution in [0.4, 0.5) is 0 Å². The first-order valence-electron chi connectivity index (χ1n) is 4.06. The first-order valence-corrected chi connectivity index (χ1v) is 4.06. The standard InChI is InChI=1S/C10H20O/c1-9(2,3)7-8-11-10(4,5)6/h7-8H,1-6H3/b8-7-. The fourth-order valence-corrected chi connectivity index (χ4v) is 0.442. The molecule has 0 aliphatic heterocycles. The van der Waals surface area contributed by atoms with E-state index in [9.17, 15) is 0 Å². The molecule has 0 bridgehead atoms. The Morgan fingerprint density at radius 2 is 1.36 bits per heavy atom. The Hall–Kier alpha value is -0.460. The summed E-state index contributed by atoms with van der Waals surface area (Å²) in [5.41, 5.74) is 0.146. The second-order valence-corrected chi connectivity index (χ2v) is 4.90. The number of hydrogen-bond acceptors (Lipinski definition) is 1. The summed E-state index contributed by atoms with van der Waals surface area (Å²) < 4.78 is 5.42. The third kappa shape index (κ3) is 9.54. The fraction of sp³-hybridized carbons (Fsp3) is 0.800. The molecule has 0 aromatic rings. The largest absolute Gasteiger partial charge is 0.496 e. The first kappa shape index (κ1) is 10.5. The zero-order chi connectivity index (χ0) is 9.12. The highest BCUT2D eigenvalue weighted by Gasteiger charge is 2.09. The molecule has 0 aromatic heterocycles. The van der Waals surface area contributed by atoms with Gasteiger partial charge in [0, 0.05) is 0 Å². The van der Waals surface area contributed by atoms with Gasteiger partial charge in [0.15, 0.2) is 0 Å². The van der Waals surface area contributed by atoms with Crippen molar-refractivity contribution in [1.82, 2.24) is 0 Å². The van der Waals surface area contributed by atoms with Crippen LogP contribution in [0.25, 0.3) is 0 Å². The Morgan fingerprint density at radius 1 is 0.909 bits per heavy atom. The van der Waals surface area contributed by atoms with Gasteiger partial charge in [0.05, 0.1) is 11.9 Å². The molecule has 0 amide bonds. The van der Waals surface area contributed by atoms with E-state index < -0.39 is 0 Å². The maximum Gasteiger partial charge on any atom is 0.0998 e. The molecule has 66 valence electrons. The van der Waals surface area contributed by atoms with Crippen molar-refractivity contribution in [2.45, 2.75) is 47.1 Å². The Kier molecular flexibility index (Phi) is 3.15. The van der Waals surface area contributed by atoms with E-state index in [2.05, 4.69) is 26.8 Å². The summed E-state index contributed by atoms with van der Waals surface area (Å²) >= 11 is 0. The highest BCUT2D eigenvalue weighted by molar-refractivity contribution is 4.88. The molecule has 0 aliphatic carbocycles. The fourth-order valence-electron chi connectivity index (χ4n) is 0.442. The molecule has 0 unspecified atom stereocenters. The van der Waals surface area contributed by atoms with E-state index in [1.807, 2.05) is 20.8 Å². The number of ether oxygens (including phenoxy) is 1. The van der Waals surface area contributed by atoms with Gasteiger partial charge in [-0.15, -0.1) is 0 Å². The lowest BCUT2D eigenvalue weighted by molar-refractivity contribution is 0.0749. The average Bonchev–Trinajstić information content (AvgIpc) is 1.55. The molecule has 0 spiro atoms. The Bertz CT molecular complexity index is 132. The number of allylic oxidation sites excluding steroid dienone is 1. The van der Waals surface area contributed by atoms with E-state index in [-0.39, 0.29) is 11.0 Å². The van der Waals surface area contributed by atoms with E-state index in [0.29, 0.717) is 0 Å². The highest BCUT2D eigenvalue weighted by Crippen LogP contribution is 2.16. The second kappa shape index (κ2) is 3.29. The van der Waals surface area contributed by atoms with Crippen molar-refractivity contribution >= 4 is 0 Å². The van der Waals surface area contributed by atoms with Gasteiger partial charge in [-0.2, -0.15) is 0 Å². The summed E-state index contributed by atoms with van der Waals surface area (Å²) in [7, 11) is 0. The molecule has 0 saturated carbocycles. The second-order valence-electron chi connectivity index (χ2n) is 4.90. The topological polar surface area (TPSA) is 9.23 Å². The molecule has 0 saturated heterocycles. The van der Waals surface area contributed by atoms with Crippen LogP contribution in [0, 0.1) is 5.41 Å². The summed E-state index contributed by atoms with van der Waals surface area (Å²) in [5.74, 6) is 0. The van der Waals surface area contributed by atoms with Crippen LogP contribution in [0.2, 0.25) is 0 Å². The smallest absolute Gasteiger partial charge is 0.0998 e. The summed E-state index contributed by atoms with van der Waals surface area (Å²) in [5, 5.41) is 0. The predicted octanol–water partition coefficient (Wildman–Crippen LogP) is 3.36. The molecule has 0 rings (SSSR count). The van der Waals surface area contributed by atoms with Crippen LogP contribution in [0.5, 0.6) is 0 Å². The Morgan fingerprint density at radius 3 is 1.64 bits per heavy atom. The quantitative estimate of drug-likeness (QED) is 0.529. The third-order valence-corrected chi connectivity index (χ3v) is 0.990. The zero-order valence-electron chi connectivity index (χ0n) is 8.56. The summed E-state index contributed by atoms with van der Waals surface area (Å²) in [6.07, 6.45) is 3.86. The Balaban J connectivity index is 3.80. The molecule has 11 heavy (non-hydrogen) atoms. The molecule has 0 aliphatic rings. The van der Waals surface area contributed by atoms with E-state index in [0.717, 1.165) is 0 Å². The van der Waals surface area contributed by atoms with Crippen LogP contribution in [-0.2, 0) is 4.74 Å². The van der Waals surface area contributed by atoms with Crippen molar-refractivity contribution in [3.8, 4) is 0 Å². The average molecular weight is 156 g/mol. The van der Waals surface area contributed by atoms with Gasteiger partial charge < -0.3 is 4.74 Å². The van der Waals surface area contributed by atoms with Crippen LogP contribution in [0.15, 0.2) is 12.3 Å². The van der Waals surface area contributed by atoms with E-state index in [1.165, 1.54) is 0 Å². The molecule has 0 fully saturated rings. The summed E-state index contributed by atoms with van der Waals surface area (Å²) in [6.45, 7) is 12.6. The maximum absolute atomic E-state index is 5.42. The lowest BCUT2D eigenvalue weighted by atomic mass is 9.97. The van der Waals surface area contributed by atoms with E-state index in [1.54, 1.807) is 6.26 Å². The van der Waals surface area contributed by atoms with Crippen LogP contribution in [-0.4, -0.2) is 5.60 Å². The lowest BCUT2D eigenvalue weighted by Gasteiger charge is -2.19. The maximum atomic E-state index is 5.42. The zero-order valence-corrected chi connectivity index (χ0v) is 8.56. The van der Waals surface area contributed by atoms with Crippen LogP contribution >= 0.6 is 0 Å². The van der Waals surface area contributed by atoms with Crippen molar-refractivity contribution in [3.05, 3.63) is 12.3 Å². The van der Waals surface area contributed by atoms with Crippen molar-refractivity contribution in [2.75, 3.05) is 0 Å². The molecule has 0 aromatic carbocycles. The van der Waals surface area contributed by atoms with E-state index in [4.69, 9.17) is 4.74 Å². The molecule has 0 heterocycles. The normalized spacial score (nSPS) is 14.0. The van der Waals surface area contributed by atoms with Gasteiger partial charge in [-0.05, 0) is 32.3 Å². The lowest BCUT2D eigenvalue weighted by Crippen LogP contribution is -2.15. The molecule has 0 N–H and O–H groups in total. The SMILES string of the molecule is CC(C)(C)/C=C\OC(C)(C)C. The van der Waals surface area contributed by atoms with Crippen LogP contribution in [0.3, 0.4) is 0 Å². The molecular weight excluding hydrogens is 136 g/mol. The van der Waals surface area contributed by atoms with Gasteiger partial charge in [-0.1, -0.05) is 20.8 Å². The minimum Gasteiger partial charge on any atom is -0.496 e.